The number of nitrogens with zero attached hydrogens (tertiary/aromatic N) is 5. The smallest absolute Gasteiger partial charge is 0.148 e. The van der Waals surface area contributed by atoms with Crippen molar-refractivity contribution in [2.45, 2.75) is 6.54 Å². The number of pyridine rings is 1. The molecule has 27 heavy (non-hydrogen) atoms. The lowest BCUT2D eigenvalue weighted by atomic mass is 10.1. The number of hydrogen-bond donors (Lipinski definition) is 1. The fourth-order valence-corrected chi connectivity index (χ4v) is 3.25. The summed E-state index contributed by atoms with van der Waals surface area (Å²) in [5, 5.41) is 12.0. The number of nitrogens with one attached hydrogen (secondary N) is 1. The molecule has 2 aromatic heterocycles. The Morgan fingerprint density at radius 3 is 2.44 bits per heavy atom. The average molecular weight is 360 g/mol. The van der Waals surface area contributed by atoms with Gasteiger partial charge in [0.05, 0.1) is 5.69 Å². The summed E-state index contributed by atoms with van der Waals surface area (Å²) in [5.41, 5.74) is 3.12. The third-order valence-corrected chi connectivity index (χ3v) is 4.86. The summed E-state index contributed by atoms with van der Waals surface area (Å²) in [4.78, 5) is 9.34. The standard InChI is InChI=1S/C21H24N6/c1-26-12-14-27(15-13-26)21-18(8-5-11-22-21)16-23-20-10-9-19(24-25-20)17-6-3-2-4-7-17/h2-11H,12-16H2,1H3,(H,23,25). The Labute approximate surface area is 159 Å². The van der Waals surface area contributed by atoms with E-state index in [0.29, 0.717) is 6.54 Å². The zero-order valence-corrected chi connectivity index (χ0v) is 15.5. The van der Waals surface area contributed by atoms with Gasteiger partial charge in [-0.2, -0.15) is 0 Å². The van der Waals surface area contributed by atoms with Crippen LogP contribution in [0.1, 0.15) is 5.56 Å². The first-order valence-electron chi connectivity index (χ1n) is 9.30. The predicted molar refractivity (Wildman–Crippen MR) is 109 cm³/mol. The van der Waals surface area contributed by atoms with E-state index in [1.807, 2.05) is 54.7 Å². The SMILES string of the molecule is CN1CCN(c2ncccc2CNc2ccc(-c3ccccc3)nn2)CC1. The molecule has 0 aliphatic carbocycles. The Morgan fingerprint density at radius 1 is 0.889 bits per heavy atom. The summed E-state index contributed by atoms with van der Waals surface area (Å²) in [6, 6.07) is 18.2. The zero-order chi connectivity index (χ0) is 18.5. The highest BCUT2D eigenvalue weighted by Gasteiger charge is 2.17. The molecule has 0 unspecified atom stereocenters. The van der Waals surface area contributed by atoms with E-state index in [-0.39, 0.29) is 0 Å². The minimum atomic E-state index is 0.675. The second kappa shape index (κ2) is 8.14. The fraction of sp³-hybridized carbons (Fsp3) is 0.286. The average Bonchev–Trinajstić information content (AvgIpc) is 2.74. The molecule has 3 aromatic rings. The first kappa shape index (κ1) is 17.4. The van der Waals surface area contributed by atoms with Crippen molar-refractivity contribution in [3.63, 3.8) is 0 Å². The molecule has 4 rings (SSSR count). The van der Waals surface area contributed by atoms with Crippen molar-refractivity contribution in [1.29, 1.82) is 0 Å². The van der Waals surface area contributed by atoms with Gasteiger partial charge in [-0.15, -0.1) is 10.2 Å². The van der Waals surface area contributed by atoms with Gasteiger partial charge in [0, 0.05) is 50.0 Å². The van der Waals surface area contributed by atoms with Crippen LogP contribution in [0.3, 0.4) is 0 Å². The van der Waals surface area contributed by atoms with Crippen LogP contribution >= 0.6 is 0 Å². The monoisotopic (exact) mass is 360 g/mol. The minimum absolute atomic E-state index is 0.675. The highest BCUT2D eigenvalue weighted by molar-refractivity contribution is 5.59. The molecule has 0 radical (unpaired) electrons. The summed E-state index contributed by atoms with van der Waals surface area (Å²) < 4.78 is 0. The van der Waals surface area contributed by atoms with Gasteiger partial charge in [-0.1, -0.05) is 36.4 Å². The molecule has 0 bridgehead atoms. The molecule has 1 aromatic carbocycles. The Balaban J connectivity index is 1.43. The lowest BCUT2D eigenvalue weighted by Gasteiger charge is -2.34. The van der Waals surface area contributed by atoms with Crippen molar-refractivity contribution in [2.75, 3.05) is 43.4 Å². The van der Waals surface area contributed by atoms with Crippen LogP contribution in [0.15, 0.2) is 60.8 Å². The molecule has 0 saturated carbocycles. The Bertz CT molecular complexity index is 857. The van der Waals surface area contributed by atoms with E-state index >= 15 is 0 Å². The summed E-state index contributed by atoms with van der Waals surface area (Å²) in [6.07, 6.45) is 1.87. The first-order valence-corrected chi connectivity index (χ1v) is 9.30. The summed E-state index contributed by atoms with van der Waals surface area (Å²) in [5.74, 6) is 1.83. The second-order valence-corrected chi connectivity index (χ2v) is 6.80. The van der Waals surface area contributed by atoms with Crippen molar-refractivity contribution < 1.29 is 0 Å². The Hall–Kier alpha value is -2.99. The first-order chi connectivity index (χ1) is 13.3. The van der Waals surface area contributed by atoms with Gasteiger partial charge >= 0.3 is 0 Å². The summed E-state index contributed by atoms with van der Waals surface area (Å²) >= 11 is 0. The van der Waals surface area contributed by atoms with Crippen LogP contribution in [0.5, 0.6) is 0 Å². The number of benzene rings is 1. The number of anilines is 2. The van der Waals surface area contributed by atoms with E-state index in [4.69, 9.17) is 0 Å². The summed E-state index contributed by atoms with van der Waals surface area (Å²) in [7, 11) is 2.16. The van der Waals surface area contributed by atoms with Crippen LogP contribution in [-0.4, -0.2) is 53.3 Å². The van der Waals surface area contributed by atoms with Crippen LogP contribution in [0, 0.1) is 0 Å². The molecule has 138 valence electrons. The van der Waals surface area contributed by atoms with Crippen molar-refractivity contribution in [1.82, 2.24) is 20.1 Å². The van der Waals surface area contributed by atoms with Gasteiger partial charge in [0.15, 0.2) is 0 Å². The molecule has 3 heterocycles. The van der Waals surface area contributed by atoms with Crippen molar-refractivity contribution in [3.8, 4) is 11.3 Å². The molecule has 1 aliphatic rings. The van der Waals surface area contributed by atoms with Gasteiger partial charge < -0.3 is 15.1 Å². The third kappa shape index (κ3) is 4.23. The van der Waals surface area contributed by atoms with Crippen molar-refractivity contribution in [3.05, 3.63) is 66.4 Å². The normalized spacial score (nSPS) is 14.9. The van der Waals surface area contributed by atoms with E-state index < -0.39 is 0 Å². The highest BCUT2D eigenvalue weighted by Crippen LogP contribution is 2.20. The van der Waals surface area contributed by atoms with E-state index in [1.54, 1.807) is 0 Å². The molecule has 1 aliphatic heterocycles. The van der Waals surface area contributed by atoms with Crippen molar-refractivity contribution >= 4 is 11.6 Å². The lowest BCUT2D eigenvalue weighted by molar-refractivity contribution is 0.312. The predicted octanol–water partition coefficient (Wildman–Crippen LogP) is 2.90. The van der Waals surface area contributed by atoms with Crippen LogP contribution in [0.2, 0.25) is 0 Å². The van der Waals surface area contributed by atoms with E-state index in [2.05, 4.69) is 43.4 Å². The van der Waals surface area contributed by atoms with Gasteiger partial charge in [-0.05, 0) is 25.2 Å². The fourth-order valence-electron chi connectivity index (χ4n) is 3.25. The molecule has 1 fully saturated rings. The zero-order valence-electron chi connectivity index (χ0n) is 15.5. The van der Waals surface area contributed by atoms with Gasteiger partial charge in [-0.25, -0.2) is 4.98 Å². The van der Waals surface area contributed by atoms with Gasteiger partial charge in [0.2, 0.25) is 0 Å². The Kier molecular flexibility index (Phi) is 5.25. The second-order valence-electron chi connectivity index (χ2n) is 6.80. The highest BCUT2D eigenvalue weighted by atomic mass is 15.3. The van der Waals surface area contributed by atoms with Gasteiger partial charge in [0.1, 0.15) is 11.6 Å². The minimum Gasteiger partial charge on any atom is -0.364 e. The quantitative estimate of drug-likeness (QED) is 0.755. The molecule has 6 nitrogen and oxygen atoms in total. The number of rotatable bonds is 5. The number of hydrogen-bond acceptors (Lipinski definition) is 6. The van der Waals surface area contributed by atoms with Crippen LogP contribution in [-0.2, 0) is 6.54 Å². The van der Waals surface area contributed by atoms with E-state index in [1.165, 1.54) is 5.56 Å². The molecule has 6 heteroatoms. The van der Waals surface area contributed by atoms with E-state index in [0.717, 1.165) is 49.1 Å². The third-order valence-electron chi connectivity index (χ3n) is 4.86. The number of likely N-dealkylation sites (N-methyl/N-ethyl adjacent to an activating group) is 1. The van der Waals surface area contributed by atoms with Crippen LogP contribution in [0.25, 0.3) is 11.3 Å². The van der Waals surface area contributed by atoms with Crippen molar-refractivity contribution in [2.24, 2.45) is 0 Å². The van der Waals surface area contributed by atoms with Crippen LogP contribution < -0.4 is 10.2 Å². The number of aromatic nitrogens is 3. The molecular formula is C21H24N6. The summed E-state index contributed by atoms with van der Waals surface area (Å²) in [6.45, 7) is 4.82. The van der Waals surface area contributed by atoms with Crippen LogP contribution in [0.4, 0.5) is 11.6 Å². The maximum atomic E-state index is 4.62. The van der Waals surface area contributed by atoms with E-state index in [9.17, 15) is 0 Å². The van der Waals surface area contributed by atoms with Gasteiger partial charge in [-0.3, -0.25) is 0 Å². The number of piperazine rings is 1. The molecule has 1 saturated heterocycles. The lowest BCUT2D eigenvalue weighted by Crippen LogP contribution is -2.45. The Morgan fingerprint density at radius 2 is 1.70 bits per heavy atom. The molecule has 0 atom stereocenters. The maximum Gasteiger partial charge on any atom is 0.148 e. The topological polar surface area (TPSA) is 57.2 Å². The molecular weight excluding hydrogens is 336 g/mol. The largest absolute Gasteiger partial charge is 0.364 e. The molecule has 0 amide bonds. The maximum absolute atomic E-state index is 4.62. The van der Waals surface area contributed by atoms with Gasteiger partial charge in [0.25, 0.3) is 0 Å². The molecule has 0 spiro atoms. The molecule has 1 N–H and O–H groups in total.